The number of hydrogen-bond donors (Lipinski definition) is 1. The second kappa shape index (κ2) is 3.38. The molecule has 1 aliphatic heterocycles. The van der Waals surface area contributed by atoms with Crippen LogP contribution in [0.25, 0.3) is 6.08 Å². The molecule has 0 fully saturated rings. The maximum atomic E-state index is 11.3. The predicted octanol–water partition coefficient (Wildman–Crippen LogP) is 1.06. The number of rotatable bonds is 0. The van der Waals surface area contributed by atoms with E-state index in [0.29, 0.717) is 12.2 Å². The molecule has 1 amide bonds. The molecule has 1 unspecified atom stereocenters. The molecule has 1 aromatic rings. The standard InChI is InChI=1S/C10H8N2O2/c11-6-8-5-9-7(2-4-14-9)1-3-12-10(8)13/h1-4,8H,5H2,(H,12,13)/b3-1-. The highest BCUT2D eigenvalue weighted by molar-refractivity contribution is 5.83. The van der Waals surface area contributed by atoms with Crippen molar-refractivity contribution in [2.24, 2.45) is 5.92 Å². The molecule has 1 aromatic heterocycles. The smallest absolute Gasteiger partial charge is 0.241 e. The summed E-state index contributed by atoms with van der Waals surface area (Å²) in [7, 11) is 0. The average Bonchev–Trinajstić information content (AvgIpc) is 2.58. The third-order valence-corrected chi connectivity index (χ3v) is 2.13. The number of nitrogens with one attached hydrogen (secondary N) is 1. The van der Waals surface area contributed by atoms with Gasteiger partial charge in [0.05, 0.1) is 12.3 Å². The molecular formula is C10H8N2O2. The Morgan fingerprint density at radius 1 is 1.64 bits per heavy atom. The zero-order valence-corrected chi connectivity index (χ0v) is 7.36. The highest BCUT2D eigenvalue weighted by atomic mass is 16.3. The van der Waals surface area contributed by atoms with Crippen molar-refractivity contribution in [3.05, 3.63) is 29.9 Å². The number of nitrogens with zero attached hydrogens (tertiary/aromatic N) is 1. The first-order chi connectivity index (χ1) is 6.81. The number of furan rings is 1. The minimum atomic E-state index is -0.676. The molecule has 0 radical (unpaired) electrons. The lowest BCUT2D eigenvalue weighted by Crippen LogP contribution is -2.28. The number of carbonyl (C=O) groups excluding carboxylic acids is 1. The Labute approximate surface area is 80.8 Å². The van der Waals surface area contributed by atoms with Gasteiger partial charge in [0.25, 0.3) is 0 Å². The summed E-state index contributed by atoms with van der Waals surface area (Å²) in [5, 5.41) is 11.3. The second-order valence-corrected chi connectivity index (χ2v) is 3.03. The fourth-order valence-electron chi connectivity index (χ4n) is 1.36. The van der Waals surface area contributed by atoms with Gasteiger partial charge in [-0.3, -0.25) is 4.79 Å². The van der Waals surface area contributed by atoms with Crippen LogP contribution >= 0.6 is 0 Å². The van der Waals surface area contributed by atoms with Crippen molar-refractivity contribution < 1.29 is 9.21 Å². The van der Waals surface area contributed by atoms with E-state index in [0.717, 1.165) is 5.56 Å². The van der Waals surface area contributed by atoms with Crippen molar-refractivity contribution in [1.82, 2.24) is 5.32 Å². The largest absolute Gasteiger partial charge is 0.469 e. The summed E-state index contributed by atoms with van der Waals surface area (Å²) in [5.74, 6) is -0.279. The zero-order chi connectivity index (χ0) is 9.97. The van der Waals surface area contributed by atoms with Crippen LogP contribution in [0.1, 0.15) is 11.3 Å². The fraction of sp³-hybridized carbons (Fsp3) is 0.200. The van der Waals surface area contributed by atoms with Gasteiger partial charge >= 0.3 is 0 Å². The van der Waals surface area contributed by atoms with E-state index in [9.17, 15) is 4.79 Å². The highest BCUT2D eigenvalue weighted by Crippen LogP contribution is 2.18. The SMILES string of the molecule is N#CC1Cc2occc2/C=C\NC1=O. The van der Waals surface area contributed by atoms with Crippen LogP contribution in [-0.2, 0) is 11.2 Å². The Morgan fingerprint density at radius 2 is 2.50 bits per heavy atom. The van der Waals surface area contributed by atoms with Crippen molar-refractivity contribution in [1.29, 1.82) is 5.26 Å². The monoisotopic (exact) mass is 188 g/mol. The molecule has 1 atom stereocenters. The van der Waals surface area contributed by atoms with Crippen LogP contribution < -0.4 is 5.32 Å². The van der Waals surface area contributed by atoms with E-state index in [1.807, 2.05) is 6.07 Å². The minimum Gasteiger partial charge on any atom is -0.469 e. The number of carbonyl (C=O) groups is 1. The van der Waals surface area contributed by atoms with Crippen LogP contribution in [0.3, 0.4) is 0 Å². The van der Waals surface area contributed by atoms with Crippen LogP contribution in [0.5, 0.6) is 0 Å². The molecule has 0 saturated carbocycles. The summed E-state index contributed by atoms with van der Waals surface area (Å²) in [6.45, 7) is 0. The summed E-state index contributed by atoms with van der Waals surface area (Å²) in [5.41, 5.74) is 0.908. The molecule has 0 aliphatic carbocycles. The van der Waals surface area contributed by atoms with Gasteiger partial charge in [0, 0.05) is 18.2 Å². The first-order valence-corrected chi connectivity index (χ1v) is 4.24. The molecule has 70 valence electrons. The molecule has 2 rings (SSSR count). The van der Waals surface area contributed by atoms with E-state index in [1.54, 1.807) is 18.4 Å². The number of hydrogen-bond acceptors (Lipinski definition) is 3. The third kappa shape index (κ3) is 1.40. The van der Waals surface area contributed by atoms with Crippen LogP contribution in [-0.4, -0.2) is 5.91 Å². The quantitative estimate of drug-likeness (QED) is 0.662. The summed E-state index contributed by atoms with van der Waals surface area (Å²) in [4.78, 5) is 11.3. The summed E-state index contributed by atoms with van der Waals surface area (Å²) in [6, 6.07) is 3.75. The van der Waals surface area contributed by atoms with Crippen LogP contribution in [0, 0.1) is 17.2 Å². The Bertz CT molecular complexity index is 426. The van der Waals surface area contributed by atoms with Crippen LogP contribution in [0.2, 0.25) is 0 Å². The molecule has 0 aromatic carbocycles. The lowest BCUT2D eigenvalue weighted by molar-refractivity contribution is -0.122. The first-order valence-electron chi connectivity index (χ1n) is 4.24. The Balaban J connectivity index is 2.37. The highest BCUT2D eigenvalue weighted by Gasteiger charge is 2.21. The molecule has 0 bridgehead atoms. The summed E-state index contributed by atoms with van der Waals surface area (Å²) >= 11 is 0. The maximum Gasteiger partial charge on any atom is 0.241 e. The molecule has 4 nitrogen and oxygen atoms in total. The topological polar surface area (TPSA) is 66.0 Å². The van der Waals surface area contributed by atoms with Gasteiger partial charge in [-0.2, -0.15) is 5.26 Å². The summed E-state index contributed by atoms with van der Waals surface area (Å²) in [6.07, 6.45) is 5.17. The normalized spacial score (nSPS) is 22.5. The van der Waals surface area contributed by atoms with E-state index >= 15 is 0 Å². The molecule has 0 saturated heterocycles. The molecular weight excluding hydrogens is 180 g/mol. The van der Waals surface area contributed by atoms with Gasteiger partial charge in [-0.1, -0.05) is 0 Å². The lowest BCUT2D eigenvalue weighted by atomic mass is 10.0. The van der Waals surface area contributed by atoms with Gasteiger partial charge in [0.2, 0.25) is 5.91 Å². The molecule has 2 heterocycles. The predicted molar refractivity (Wildman–Crippen MR) is 48.7 cm³/mol. The maximum absolute atomic E-state index is 11.3. The average molecular weight is 188 g/mol. The molecule has 4 heteroatoms. The number of nitriles is 1. The van der Waals surface area contributed by atoms with Crippen molar-refractivity contribution in [2.45, 2.75) is 6.42 Å². The second-order valence-electron chi connectivity index (χ2n) is 3.03. The Kier molecular flexibility index (Phi) is 2.07. The van der Waals surface area contributed by atoms with E-state index in [1.165, 1.54) is 6.20 Å². The molecule has 0 spiro atoms. The molecule has 1 aliphatic rings. The molecule has 1 N–H and O–H groups in total. The first kappa shape index (κ1) is 8.57. The number of fused-ring (bicyclic) bond motifs is 1. The van der Waals surface area contributed by atoms with Gasteiger partial charge in [0.15, 0.2) is 0 Å². The van der Waals surface area contributed by atoms with Crippen LogP contribution in [0.15, 0.2) is 22.9 Å². The molecule has 14 heavy (non-hydrogen) atoms. The zero-order valence-electron chi connectivity index (χ0n) is 7.36. The van der Waals surface area contributed by atoms with Crippen LogP contribution in [0.4, 0.5) is 0 Å². The summed E-state index contributed by atoms with van der Waals surface area (Å²) < 4.78 is 5.19. The van der Waals surface area contributed by atoms with Crippen molar-refractivity contribution in [3.63, 3.8) is 0 Å². The van der Waals surface area contributed by atoms with Gasteiger partial charge in [-0.25, -0.2) is 0 Å². The lowest BCUT2D eigenvalue weighted by Gasteiger charge is -2.09. The van der Waals surface area contributed by atoms with Crippen molar-refractivity contribution in [3.8, 4) is 6.07 Å². The van der Waals surface area contributed by atoms with Crippen molar-refractivity contribution in [2.75, 3.05) is 0 Å². The Morgan fingerprint density at radius 3 is 3.29 bits per heavy atom. The third-order valence-electron chi connectivity index (χ3n) is 2.13. The van der Waals surface area contributed by atoms with Gasteiger partial charge in [-0.15, -0.1) is 0 Å². The van der Waals surface area contributed by atoms with E-state index in [4.69, 9.17) is 9.68 Å². The van der Waals surface area contributed by atoms with E-state index in [-0.39, 0.29) is 5.91 Å². The Hall–Kier alpha value is -2.02. The van der Waals surface area contributed by atoms with E-state index in [2.05, 4.69) is 5.32 Å². The fourth-order valence-corrected chi connectivity index (χ4v) is 1.36. The van der Waals surface area contributed by atoms with E-state index < -0.39 is 5.92 Å². The minimum absolute atomic E-state index is 0.286. The van der Waals surface area contributed by atoms with Gasteiger partial charge < -0.3 is 9.73 Å². The van der Waals surface area contributed by atoms with Gasteiger partial charge in [-0.05, 0) is 12.1 Å². The van der Waals surface area contributed by atoms with Crippen molar-refractivity contribution >= 4 is 12.0 Å². The van der Waals surface area contributed by atoms with Gasteiger partial charge in [0.1, 0.15) is 11.7 Å². The number of amides is 1.